The van der Waals surface area contributed by atoms with Crippen molar-refractivity contribution < 1.29 is 9.52 Å². The molecule has 8 heteroatoms. The number of anilines is 1. The highest BCUT2D eigenvalue weighted by Gasteiger charge is 2.20. The Balaban J connectivity index is 1.34. The number of aromatic nitrogens is 4. The SMILES string of the molecule is Oc1ccc(N2CCN(Cc3nnnn3Cc3ccco3)CC2)cc1. The molecule has 0 aliphatic carbocycles. The van der Waals surface area contributed by atoms with E-state index in [0.29, 0.717) is 12.3 Å². The summed E-state index contributed by atoms with van der Waals surface area (Å²) in [6.07, 6.45) is 1.65. The number of benzene rings is 1. The molecule has 1 aliphatic rings. The maximum atomic E-state index is 9.40. The van der Waals surface area contributed by atoms with Crippen LogP contribution >= 0.6 is 0 Å². The van der Waals surface area contributed by atoms with E-state index in [9.17, 15) is 5.11 Å². The lowest BCUT2D eigenvalue weighted by atomic mass is 10.2. The number of aromatic hydroxyl groups is 1. The maximum Gasteiger partial charge on any atom is 0.165 e. The van der Waals surface area contributed by atoms with E-state index in [4.69, 9.17) is 4.42 Å². The summed E-state index contributed by atoms with van der Waals surface area (Å²) in [7, 11) is 0. The first-order valence-corrected chi connectivity index (χ1v) is 8.32. The number of piperazine rings is 1. The fraction of sp³-hybridized carbons (Fsp3) is 0.353. The minimum atomic E-state index is 0.297. The van der Waals surface area contributed by atoms with Gasteiger partial charge in [-0.3, -0.25) is 4.90 Å². The molecule has 0 unspecified atom stereocenters. The van der Waals surface area contributed by atoms with Crippen LogP contribution in [0.1, 0.15) is 11.6 Å². The van der Waals surface area contributed by atoms with E-state index in [-0.39, 0.29) is 0 Å². The molecule has 0 spiro atoms. The van der Waals surface area contributed by atoms with Gasteiger partial charge in [0.15, 0.2) is 5.82 Å². The summed E-state index contributed by atoms with van der Waals surface area (Å²) in [5.74, 6) is 1.98. The molecule has 1 fully saturated rings. The lowest BCUT2D eigenvalue weighted by Crippen LogP contribution is -2.46. The van der Waals surface area contributed by atoms with E-state index >= 15 is 0 Å². The Morgan fingerprint density at radius 2 is 1.80 bits per heavy atom. The largest absolute Gasteiger partial charge is 0.508 e. The first-order valence-electron chi connectivity index (χ1n) is 8.32. The van der Waals surface area contributed by atoms with Crippen LogP contribution in [0.3, 0.4) is 0 Å². The average molecular weight is 340 g/mol. The van der Waals surface area contributed by atoms with Gasteiger partial charge in [0, 0.05) is 31.9 Å². The number of rotatable bonds is 5. The van der Waals surface area contributed by atoms with Gasteiger partial charge in [-0.2, -0.15) is 0 Å². The van der Waals surface area contributed by atoms with Gasteiger partial charge in [-0.15, -0.1) is 5.10 Å². The Morgan fingerprint density at radius 1 is 1.00 bits per heavy atom. The Bertz CT molecular complexity index is 791. The van der Waals surface area contributed by atoms with E-state index in [1.807, 2.05) is 24.3 Å². The zero-order valence-corrected chi connectivity index (χ0v) is 13.8. The molecule has 0 radical (unpaired) electrons. The lowest BCUT2D eigenvalue weighted by Gasteiger charge is -2.35. The van der Waals surface area contributed by atoms with Gasteiger partial charge in [0.25, 0.3) is 0 Å². The van der Waals surface area contributed by atoms with Gasteiger partial charge in [0.1, 0.15) is 18.1 Å². The summed E-state index contributed by atoms with van der Waals surface area (Å²) < 4.78 is 7.15. The van der Waals surface area contributed by atoms with E-state index in [0.717, 1.165) is 50.0 Å². The van der Waals surface area contributed by atoms with Crippen LogP contribution in [0.4, 0.5) is 5.69 Å². The fourth-order valence-corrected chi connectivity index (χ4v) is 3.04. The van der Waals surface area contributed by atoms with Crippen LogP contribution in [0.5, 0.6) is 5.75 Å². The molecule has 0 bridgehead atoms. The van der Waals surface area contributed by atoms with Crippen LogP contribution in [-0.2, 0) is 13.1 Å². The number of hydrogen-bond acceptors (Lipinski definition) is 7. The third-order valence-electron chi connectivity index (χ3n) is 4.44. The van der Waals surface area contributed by atoms with Gasteiger partial charge < -0.3 is 14.4 Å². The Morgan fingerprint density at radius 3 is 2.52 bits per heavy atom. The van der Waals surface area contributed by atoms with Crippen LogP contribution in [-0.4, -0.2) is 56.4 Å². The number of furan rings is 1. The summed E-state index contributed by atoms with van der Waals surface area (Å²) >= 11 is 0. The molecule has 1 N–H and O–H groups in total. The molecule has 2 aromatic heterocycles. The monoisotopic (exact) mass is 340 g/mol. The second-order valence-electron chi connectivity index (χ2n) is 6.11. The molecule has 8 nitrogen and oxygen atoms in total. The molecule has 3 heterocycles. The fourth-order valence-electron chi connectivity index (χ4n) is 3.04. The van der Waals surface area contributed by atoms with Crippen LogP contribution in [0, 0.1) is 0 Å². The van der Waals surface area contributed by atoms with Gasteiger partial charge in [-0.25, -0.2) is 4.68 Å². The quantitative estimate of drug-likeness (QED) is 0.750. The van der Waals surface area contributed by atoms with Crippen molar-refractivity contribution in [3.63, 3.8) is 0 Å². The summed E-state index contributed by atoms with van der Waals surface area (Å²) in [5.41, 5.74) is 1.14. The van der Waals surface area contributed by atoms with Gasteiger partial charge in [-0.1, -0.05) is 0 Å². The Hall–Kier alpha value is -2.87. The lowest BCUT2D eigenvalue weighted by molar-refractivity contribution is 0.239. The number of nitrogens with zero attached hydrogens (tertiary/aromatic N) is 6. The van der Waals surface area contributed by atoms with Crippen molar-refractivity contribution in [2.24, 2.45) is 0 Å². The van der Waals surface area contributed by atoms with Crippen molar-refractivity contribution in [1.82, 2.24) is 25.1 Å². The molecule has 3 aromatic rings. The highest BCUT2D eigenvalue weighted by Crippen LogP contribution is 2.20. The van der Waals surface area contributed by atoms with Crippen molar-refractivity contribution in [2.45, 2.75) is 13.1 Å². The van der Waals surface area contributed by atoms with Crippen LogP contribution in [0.25, 0.3) is 0 Å². The van der Waals surface area contributed by atoms with Gasteiger partial charge in [0.2, 0.25) is 0 Å². The Labute approximate surface area is 145 Å². The van der Waals surface area contributed by atoms with E-state index in [1.54, 1.807) is 23.1 Å². The molecule has 1 aliphatic heterocycles. The first-order chi connectivity index (χ1) is 12.3. The van der Waals surface area contributed by atoms with Gasteiger partial charge in [0.05, 0.1) is 12.8 Å². The summed E-state index contributed by atoms with van der Waals surface area (Å²) in [4.78, 5) is 4.67. The first kappa shape index (κ1) is 15.6. The molecule has 1 aromatic carbocycles. The van der Waals surface area contributed by atoms with Crippen molar-refractivity contribution >= 4 is 5.69 Å². The van der Waals surface area contributed by atoms with Crippen molar-refractivity contribution in [3.05, 3.63) is 54.2 Å². The number of phenols is 1. The normalized spacial score (nSPS) is 15.6. The van der Waals surface area contributed by atoms with Crippen LogP contribution in [0.2, 0.25) is 0 Å². The highest BCUT2D eigenvalue weighted by molar-refractivity contribution is 5.49. The van der Waals surface area contributed by atoms with Crippen molar-refractivity contribution in [2.75, 3.05) is 31.1 Å². The average Bonchev–Trinajstić information content (AvgIpc) is 3.30. The van der Waals surface area contributed by atoms with E-state index in [1.165, 1.54) is 0 Å². The van der Waals surface area contributed by atoms with Crippen molar-refractivity contribution in [1.29, 1.82) is 0 Å². The molecule has 4 rings (SSSR count). The predicted molar refractivity (Wildman–Crippen MR) is 91.2 cm³/mol. The zero-order chi connectivity index (χ0) is 17.1. The van der Waals surface area contributed by atoms with E-state index in [2.05, 4.69) is 25.3 Å². The molecule has 0 saturated carbocycles. The van der Waals surface area contributed by atoms with Crippen LogP contribution < -0.4 is 4.90 Å². The minimum Gasteiger partial charge on any atom is -0.508 e. The number of phenolic OH excluding ortho intramolecular Hbond substituents is 1. The second kappa shape index (κ2) is 6.94. The van der Waals surface area contributed by atoms with E-state index < -0.39 is 0 Å². The molecule has 1 saturated heterocycles. The minimum absolute atomic E-state index is 0.297. The molecular formula is C17H20N6O2. The van der Waals surface area contributed by atoms with Crippen molar-refractivity contribution in [3.8, 4) is 5.75 Å². The maximum absolute atomic E-state index is 9.40. The molecule has 0 atom stereocenters. The third-order valence-corrected chi connectivity index (χ3v) is 4.44. The van der Waals surface area contributed by atoms with Gasteiger partial charge in [-0.05, 0) is 46.8 Å². The van der Waals surface area contributed by atoms with Crippen LogP contribution in [0.15, 0.2) is 47.1 Å². The number of tetrazole rings is 1. The molecule has 130 valence electrons. The molecular weight excluding hydrogens is 320 g/mol. The number of hydrogen-bond donors (Lipinski definition) is 1. The Kier molecular flexibility index (Phi) is 4.34. The summed E-state index contributed by atoms with van der Waals surface area (Å²) in [6, 6.07) is 11.1. The topological polar surface area (TPSA) is 83.5 Å². The summed E-state index contributed by atoms with van der Waals surface area (Å²) in [5, 5.41) is 21.4. The predicted octanol–water partition coefficient (Wildman–Crippen LogP) is 1.34. The zero-order valence-electron chi connectivity index (χ0n) is 13.8. The third kappa shape index (κ3) is 3.63. The second-order valence-corrected chi connectivity index (χ2v) is 6.11. The van der Waals surface area contributed by atoms with Gasteiger partial charge >= 0.3 is 0 Å². The smallest absolute Gasteiger partial charge is 0.165 e. The highest BCUT2D eigenvalue weighted by atomic mass is 16.3. The standard InChI is InChI=1S/C17H20N6O2/c24-15-5-3-14(4-6-15)22-9-7-21(8-10-22)13-17-18-19-20-23(17)12-16-2-1-11-25-16/h1-6,11,24H,7-10,12-13H2. The molecule has 25 heavy (non-hydrogen) atoms. The molecule has 0 amide bonds. The summed E-state index contributed by atoms with van der Waals surface area (Å²) in [6.45, 7) is 5.01.